The molecule has 116 valence electrons. The van der Waals surface area contributed by atoms with Crippen molar-refractivity contribution in [3.05, 3.63) is 56.4 Å². The number of carbonyl (C=O) groups excluding carboxylic acids is 2. The van der Waals surface area contributed by atoms with Crippen LogP contribution in [0.5, 0.6) is 0 Å². The molecule has 1 amide bonds. The van der Waals surface area contributed by atoms with E-state index in [-0.39, 0.29) is 11.6 Å². The van der Waals surface area contributed by atoms with Gasteiger partial charge in [-0.3, -0.25) is 4.79 Å². The molecule has 0 radical (unpaired) electrons. The Morgan fingerprint density at radius 2 is 2.18 bits per heavy atom. The summed E-state index contributed by atoms with van der Waals surface area (Å²) in [5.41, 5.74) is -0.206. The highest BCUT2D eigenvalue weighted by Crippen LogP contribution is 2.18. The van der Waals surface area contributed by atoms with Crippen LogP contribution >= 0.6 is 27.3 Å². The Hall–Kier alpha value is -1.73. The first kappa shape index (κ1) is 16.6. The van der Waals surface area contributed by atoms with Crippen LogP contribution < -0.4 is 5.32 Å². The summed E-state index contributed by atoms with van der Waals surface area (Å²) in [7, 11) is 0. The van der Waals surface area contributed by atoms with E-state index in [4.69, 9.17) is 4.74 Å². The van der Waals surface area contributed by atoms with E-state index in [2.05, 4.69) is 21.2 Å². The van der Waals surface area contributed by atoms with Gasteiger partial charge in [0.1, 0.15) is 5.82 Å². The van der Waals surface area contributed by atoms with Crippen LogP contribution in [-0.4, -0.2) is 18.5 Å². The van der Waals surface area contributed by atoms with E-state index in [1.54, 1.807) is 0 Å². The molecule has 1 N–H and O–H groups in total. The zero-order valence-electron chi connectivity index (χ0n) is 11.6. The summed E-state index contributed by atoms with van der Waals surface area (Å²) in [4.78, 5) is 24.5. The van der Waals surface area contributed by atoms with Crippen molar-refractivity contribution in [2.24, 2.45) is 0 Å². The number of halogens is 2. The molecule has 0 unspecified atom stereocenters. The fraction of sp³-hybridized carbons (Fsp3) is 0.200. The number of carbonyl (C=O) groups is 2. The van der Waals surface area contributed by atoms with Crippen molar-refractivity contribution < 1.29 is 18.7 Å². The Labute approximate surface area is 139 Å². The van der Waals surface area contributed by atoms with Crippen molar-refractivity contribution in [1.29, 1.82) is 0 Å². The summed E-state index contributed by atoms with van der Waals surface area (Å²) in [5, 5.41) is 4.62. The molecule has 0 spiro atoms. The average Bonchev–Trinajstić information content (AvgIpc) is 2.99. The number of rotatable bonds is 5. The molecule has 2 aromatic rings. The Morgan fingerprint density at radius 1 is 1.41 bits per heavy atom. The highest BCUT2D eigenvalue weighted by atomic mass is 79.9. The second kappa shape index (κ2) is 7.51. The minimum absolute atomic E-state index is 0.171. The molecule has 0 aliphatic heterocycles. The van der Waals surface area contributed by atoms with E-state index in [1.807, 2.05) is 24.4 Å². The summed E-state index contributed by atoms with van der Waals surface area (Å²) < 4.78 is 18.9. The SMILES string of the molecule is C[C@@H](NC(=O)COC(=O)c1ccc(Br)cc1F)c1cccs1. The summed E-state index contributed by atoms with van der Waals surface area (Å²) in [6.07, 6.45) is 0. The van der Waals surface area contributed by atoms with E-state index < -0.39 is 24.3 Å². The second-order valence-electron chi connectivity index (χ2n) is 4.50. The standard InChI is InChI=1S/C15H13BrFNO3S/c1-9(13-3-2-6-22-13)18-14(19)8-21-15(20)11-5-4-10(16)7-12(11)17/h2-7,9H,8H2,1H3,(H,18,19)/t9-/m1/s1. The number of esters is 1. The van der Waals surface area contributed by atoms with Gasteiger partial charge in [0.05, 0.1) is 11.6 Å². The van der Waals surface area contributed by atoms with Gasteiger partial charge in [-0.25, -0.2) is 9.18 Å². The van der Waals surface area contributed by atoms with E-state index in [0.29, 0.717) is 4.47 Å². The minimum atomic E-state index is -0.871. The first-order valence-corrected chi connectivity index (χ1v) is 8.09. The number of amides is 1. The predicted molar refractivity (Wildman–Crippen MR) is 85.3 cm³/mol. The molecule has 1 aromatic heterocycles. The van der Waals surface area contributed by atoms with Crippen molar-refractivity contribution in [2.45, 2.75) is 13.0 Å². The Bertz CT molecular complexity index is 675. The zero-order valence-corrected chi connectivity index (χ0v) is 14.0. The number of benzene rings is 1. The van der Waals surface area contributed by atoms with Crippen LogP contribution in [-0.2, 0) is 9.53 Å². The van der Waals surface area contributed by atoms with Gasteiger partial charge in [0, 0.05) is 9.35 Å². The van der Waals surface area contributed by atoms with Crippen LogP contribution in [0.25, 0.3) is 0 Å². The van der Waals surface area contributed by atoms with Crippen LogP contribution in [0, 0.1) is 5.82 Å². The number of ether oxygens (including phenoxy) is 1. The van der Waals surface area contributed by atoms with Crippen LogP contribution in [0.3, 0.4) is 0 Å². The predicted octanol–water partition coefficient (Wildman–Crippen LogP) is 3.68. The van der Waals surface area contributed by atoms with Gasteiger partial charge in [0.2, 0.25) is 0 Å². The van der Waals surface area contributed by atoms with Gasteiger partial charge in [-0.15, -0.1) is 11.3 Å². The molecule has 0 aliphatic carbocycles. The maximum absolute atomic E-state index is 13.6. The fourth-order valence-corrected chi connectivity index (χ4v) is 2.82. The number of thiophene rings is 1. The molecule has 7 heteroatoms. The molecule has 1 atom stereocenters. The van der Waals surface area contributed by atoms with Gasteiger partial charge < -0.3 is 10.1 Å². The van der Waals surface area contributed by atoms with Crippen LogP contribution in [0.4, 0.5) is 4.39 Å². The summed E-state index contributed by atoms with van der Waals surface area (Å²) in [6, 6.07) is 7.61. The Kier molecular flexibility index (Phi) is 5.68. The van der Waals surface area contributed by atoms with Crippen LogP contribution in [0.15, 0.2) is 40.2 Å². The number of hydrogen-bond acceptors (Lipinski definition) is 4. The monoisotopic (exact) mass is 385 g/mol. The molecule has 0 fully saturated rings. The molecule has 22 heavy (non-hydrogen) atoms. The molecule has 1 heterocycles. The lowest BCUT2D eigenvalue weighted by atomic mass is 10.2. The van der Waals surface area contributed by atoms with Crippen LogP contribution in [0.2, 0.25) is 0 Å². The molecule has 2 rings (SSSR count). The Morgan fingerprint density at radius 3 is 2.82 bits per heavy atom. The third-order valence-corrected chi connectivity index (χ3v) is 4.38. The molecular formula is C15H13BrFNO3S. The van der Waals surface area contributed by atoms with E-state index in [1.165, 1.54) is 23.5 Å². The average molecular weight is 386 g/mol. The highest BCUT2D eigenvalue weighted by molar-refractivity contribution is 9.10. The van der Waals surface area contributed by atoms with E-state index >= 15 is 0 Å². The van der Waals surface area contributed by atoms with Crippen molar-refractivity contribution in [3.8, 4) is 0 Å². The Balaban J connectivity index is 1.86. The second-order valence-corrected chi connectivity index (χ2v) is 6.40. The lowest BCUT2D eigenvalue weighted by Crippen LogP contribution is -2.30. The molecule has 0 saturated heterocycles. The lowest BCUT2D eigenvalue weighted by Gasteiger charge is -2.12. The highest BCUT2D eigenvalue weighted by Gasteiger charge is 2.16. The molecular weight excluding hydrogens is 373 g/mol. The van der Waals surface area contributed by atoms with Crippen molar-refractivity contribution >= 4 is 39.1 Å². The molecule has 0 bridgehead atoms. The smallest absolute Gasteiger partial charge is 0.341 e. The largest absolute Gasteiger partial charge is 0.452 e. The van der Waals surface area contributed by atoms with Crippen molar-refractivity contribution in [2.75, 3.05) is 6.61 Å². The van der Waals surface area contributed by atoms with Gasteiger partial charge in [-0.05, 0) is 36.6 Å². The summed E-state index contributed by atoms with van der Waals surface area (Å²) in [6.45, 7) is 1.38. The molecule has 4 nitrogen and oxygen atoms in total. The molecule has 0 saturated carbocycles. The topological polar surface area (TPSA) is 55.4 Å². The summed E-state index contributed by atoms with van der Waals surface area (Å²) >= 11 is 4.62. The first-order chi connectivity index (χ1) is 10.5. The molecule has 1 aromatic carbocycles. The molecule has 0 aliphatic rings. The first-order valence-electron chi connectivity index (χ1n) is 6.42. The van der Waals surface area contributed by atoms with Crippen molar-refractivity contribution in [1.82, 2.24) is 5.32 Å². The maximum Gasteiger partial charge on any atom is 0.341 e. The van der Waals surface area contributed by atoms with Gasteiger partial charge in [-0.2, -0.15) is 0 Å². The van der Waals surface area contributed by atoms with Gasteiger partial charge in [-0.1, -0.05) is 22.0 Å². The number of hydrogen-bond donors (Lipinski definition) is 1. The number of nitrogens with one attached hydrogen (secondary N) is 1. The third kappa shape index (κ3) is 4.38. The maximum atomic E-state index is 13.6. The fourth-order valence-electron chi connectivity index (χ4n) is 1.76. The van der Waals surface area contributed by atoms with E-state index in [9.17, 15) is 14.0 Å². The summed E-state index contributed by atoms with van der Waals surface area (Å²) in [5.74, 6) is -2.01. The quantitative estimate of drug-likeness (QED) is 0.798. The van der Waals surface area contributed by atoms with Gasteiger partial charge in [0.25, 0.3) is 5.91 Å². The van der Waals surface area contributed by atoms with Crippen molar-refractivity contribution in [3.63, 3.8) is 0 Å². The zero-order chi connectivity index (χ0) is 16.1. The minimum Gasteiger partial charge on any atom is -0.452 e. The van der Waals surface area contributed by atoms with E-state index in [0.717, 1.165) is 10.9 Å². The van der Waals surface area contributed by atoms with Gasteiger partial charge >= 0.3 is 5.97 Å². The van der Waals surface area contributed by atoms with Gasteiger partial charge in [0.15, 0.2) is 6.61 Å². The normalized spacial score (nSPS) is 11.8. The van der Waals surface area contributed by atoms with Crippen LogP contribution in [0.1, 0.15) is 28.2 Å². The lowest BCUT2D eigenvalue weighted by molar-refractivity contribution is -0.124. The third-order valence-electron chi connectivity index (χ3n) is 2.83.